The predicted octanol–water partition coefficient (Wildman–Crippen LogP) is 4.05. The fourth-order valence-corrected chi connectivity index (χ4v) is 6.68. The lowest BCUT2D eigenvalue weighted by Gasteiger charge is -2.25. The minimum atomic E-state index is -3.54. The van der Waals surface area contributed by atoms with Gasteiger partial charge in [-0.25, -0.2) is 8.42 Å². The van der Waals surface area contributed by atoms with E-state index in [9.17, 15) is 13.2 Å². The molecule has 0 spiro atoms. The van der Waals surface area contributed by atoms with Gasteiger partial charge in [-0.15, -0.1) is 0 Å². The van der Waals surface area contributed by atoms with Crippen molar-refractivity contribution in [3.05, 3.63) is 46.8 Å². The first kappa shape index (κ1) is 24.4. The summed E-state index contributed by atoms with van der Waals surface area (Å²) in [6.07, 6.45) is 3.67. The van der Waals surface area contributed by atoms with Crippen LogP contribution in [0, 0.1) is 0 Å². The number of aromatic nitrogens is 1. The van der Waals surface area contributed by atoms with E-state index in [1.54, 1.807) is 14.2 Å². The summed E-state index contributed by atoms with van der Waals surface area (Å²) >= 11 is 1.40. The van der Waals surface area contributed by atoms with Crippen molar-refractivity contribution in [2.75, 3.05) is 27.3 Å². The maximum absolute atomic E-state index is 13.0. The Morgan fingerprint density at radius 3 is 2.29 bits per heavy atom. The molecule has 0 saturated carbocycles. The Bertz CT molecular complexity index is 1350. The van der Waals surface area contributed by atoms with E-state index in [4.69, 9.17) is 9.47 Å². The third-order valence-electron chi connectivity index (χ3n) is 5.89. The minimum absolute atomic E-state index is 0.202. The standard InChI is InChI=1S/C24H29N3O5S2/c1-4-12-27-19-15-20(31-2)21(32-3)16-22(19)33-24(27)25-23(28)17-8-10-18(11-9-17)34(29,30)26-13-6-5-7-14-26/h8-11,15-16H,4-7,12-14H2,1-3H3. The van der Waals surface area contributed by atoms with Gasteiger partial charge in [-0.2, -0.15) is 9.30 Å². The number of amides is 1. The highest BCUT2D eigenvalue weighted by atomic mass is 32.2. The van der Waals surface area contributed by atoms with Crippen molar-refractivity contribution in [3.63, 3.8) is 0 Å². The molecule has 3 aromatic rings. The van der Waals surface area contributed by atoms with Crippen LogP contribution in [0.15, 0.2) is 46.3 Å². The van der Waals surface area contributed by atoms with E-state index in [1.807, 2.05) is 16.7 Å². The molecular weight excluding hydrogens is 474 g/mol. The second-order valence-electron chi connectivity index (χ2n) is 8.12. The van der Waals surface area contributed by atoms with Crippen molar-refractivity contribution in [2.24, 2.45) is 4.99 Å². The van der Waals surface area contributed by atoms with Crippen molar-refractivity contribution in [2.45, 2.75) is 44.0 Å². The van der Waals surface area contributed by atoms with Gasteiger partial charge in [-0.1, -0.05) is 24.7 Å². The maximum Gasteiger partial charge on any atom is 0.279 e. The SMILES string of the molecule is CCCn1c(=NC(=O)c2ccc(S(=O)(=O)N3CCCCC3)cc2)sc2cc(OC)c(OC)cc21. The number of hydrogen-bond donors (Lipinski definition) is 0. The lowest BCUT2D eigenvalue weighted by Crippen LogP contribution is -2.35. The van der Waals surface area contributed by atoms with Crippen molar-refractivity contribution in [1.29, 1.82) is 0 Å². The summed E-state index contributed by atoms with van der Waals surface area (Å²) in [5.74, 6) is 0.807. The number of fused-ring (bicyclic) bond motifs is 1. The number of nitrogens with zero attached hydrogens (tertiary/aromatic N) is 3. The number of rotatable bonds is 7. The Morgan fingerprint density at radius 2 is 1.68 bits per heavy atom. The molecule has 0 radical (unpaired) electrons. The summed E-state index contributed by atoms with van der Waals surface area (Å²) in [5, 5.41) is 0. The Balaban J connectivity index is 1.68. The van der Waals surface area contributed by atoms with E-state index < -0.39 is 15.9 Å². The zero-order valence-electron chi connectivity index (χ0n) is 19.6. The van der Waals surface area contributed by atoms with Crippen LogP contribution in [-0.2, 0) is 16.6 Å². The van der Waals surface area contributed by atoms with Crippen molar-refractivity contribution >= 4 is 37.5 Å². The number of ether oxygens (including phenoxy) is 2. The molecule has 0 N–H and O–H groups in total. The summed E-state index contributed by atoms with van der Waals surface area (Å²) < 4.78 is 41.0. The van der Waals surface area contributed by atoms with Crippen LogP contribution in [0.2, 0.25) is 0 Å². The second-order valence-corrected chi connectivity index (χ2v) is 11.1. The molecule has 1 aromatic heterocycles. The smallest absolute Gasteiger partial charge is 0.279 e. The minimum Gasteiger partial charge on any atom is -0.493 e. The summed E-state index contributed by atoms with van der Waals surface area (Å²) in [4.78, 5) is 18.1. The molecular formula is C24H29N3O5S2. The van der Waals surface area contributed by atoms with E-state index in [0.717, 1.165) is 35.9 Å². The third kappa shape index (κ3) is 4.75. The summed E-state index contributed by atoms with van der Waals surface area (Å²) in [7, 11) is -0.370. The van der Waals surface area contributed by atoms with Gasteiger partial charge in [0.05, 0.1) is 29.3 Å². The molecule has 0 aliphatic carbocycles. The second kappa shape index (κ2) is 10.3. The molecule has 4 rings (SSSR count). The van der Waals surface area contributed by atoms with Gasteiger partial charge < -0.3 is 14.0 Å². The number of carbonyl (C=O) groups excluding carboxylic acids is 1. The van der Waals surface area contributed by atoms with E-state index in [1.165, 1.54) is 39.9 Å². The third-order valence-corrected chi connectivity index (χ3v) is 8.84. The van der Waals surface area contributed by atoms with Crippen LogP contribution in [0.1, 0.15) is 43.0 Å². The number of carbonyl (C=O) groups is 1. The van der Waals surface area contributed by atoms with Crippen LogP contribution < -0.4 is 14.3 Å². The molecule has 10 heteroatoms. The van der Waals surface area contributed by atoms with Crippen LogP contribution in [0.4, 0.5) is 0 Å². The maximum atomic E-state index is 13.0. The van der Waals surface area contributed by atoms with Gasteiger partial charge in [0.1, 0.15) is 0 Å². The molecule has 0 bridgehead atoms. The van der Waals surface area contributed by atoms with Crippen LogP contribution in [0.25, 0.3) is 10.2 Å². The fourth-order valence-electron chi connectivity index (χ4n) is 4.10. The summed E-state index contributed by atoms with van der Waals surface area (Å²) in [6.45, 7) is 3.83. The van der Waals surface area contributed by atoms with Crippen LogP contribution >= 0.6 is 11.3 Å². The number of piperidine rings is 1. The van der Waals surface area contributed by atoms with Crippen LogP contribution in [0.3, 0.4) is 0 Å². The molecule has 8 nitrogen and oxygen atoms in total. The molecule has 0 atom stereocenters. The van der Waals surface area contributed by atoms with Crippen LogP contribution in [-0.4, -0.2) is 50.5 Å². The molecule has 1 amide bonds. The van der Waals surface area contributed by atoms with Crippen molar-refractivity contribution in [3.8, 4) is 11.5 Å². The molecule has 0 unspecified atom stereocenters. The average Bonchev–Trinajstić information content (AvgIpc) is 3.19. The van der Waals surface area contributed by atoms with E-state index in [0.29, 0.717) is 41.5 Å². The first-order valence-corrected chi connectivity index (χ1v) is 13.6. The number of benzene rings is 2. The van der Waals surface area contributed by atoms with Gasteiger partial charge in [0.25, 0.3) is 5.91 Å². The van der Waals surface area contributed by atoms with E-state index in [-0.39, 0.29) is 4.90 Å². The Kier molecular flexibility index (Phi) is 7.39. The highest BCUT2D eigenvalue weighted by molar-refractivity contribution is 7.89. The zero-order chi connectivity index (χ0) is 24.3. The normalized spacial score (nSPS) is 15.6. The number of hydrogen-bond acceptors (Lipinski definition) is 6. The van der Waals surface area contributed by atoms with Crippen molar-refractivity contribution < 1.29 is 22.7 Å². The predicted molar refractivity (Wildman–Crippen MR) is 132 cm³/mol. The van der Waals surface area contributed by atoms with Crippen LogP contribution in [0.5, 0.6) is 11.5 Å². The van der Waals surface area contributed by atoms with Gasteiger partial charge in [0.15, 0.2) is 16.3 Å². The Hall–Kier alpha value is -2.69. The number of aryl methyl sites for hydroxylation is 1. The number of methoxy groups -OCH3 is 2. The fraction of sp³-hybridized carbons (Fsp3) is 0.417. The van der Waals surface area contributed by atoms with Gasteiger partial charge in [-0.3, -0.25) is 4.79 Å². The van der Waals surface area contributed by atoms with Gasteiger partial charge >= 0.3 is 0 Å². The molecule has 2 heterocycles. The molecule has 1 aliphatic heterocycles. The molecule has 1 saturated heterocycles. The Labute approximate surface area is 203 Å². The topological polar surface area (TPSA) is 90.2 Å². The monoisotopic (exact) mass is 503 g/mol. The molecule has 1 aliphatic rings. The summed E-state index contributed by atoms with van der Waals surface area (Å²) in [5.41, 5.74) is 1.26. The highest BCUT2D eigenvalue weighted by Gasteiger charge is 2.26. The highest BCUT2D eigenvalue weighted by Crippen LogP contribution is 2.33. The number of thiazole rings is 1. The van der Waals surface area contributed by atoms with Gasteiger partial charge in [-0.05, 0) is 43.5 Å². The Morgan fingerprint density at radius 1 is 1.03 bits per heavy atom. The molecule has 2 aromatic carbocycles. The average molecular weight is 504 g/mol. The molecule has 34 heavy (non-hydrogen) atoms. The number of sulfonamides is 1. The van der Waals surface area contributed by atoms with Gasteiger partial charge in [0, 0.05) is 37.3 Å². The molecule has 1 fully saturated rings. The lowest BCUT2D eigenvalue weighted by molar-refractivity contribution is 0.0997. The van der Waals surface area contributed by atoms with E-state index in [2.05, 4.69) is 11.9 Å². The first-order valence-electron chi connectivity index (χ1n) is 11.3. The van der Waals surface area contributed by atoms with Crippen molar-refractivity contribution in [1.82, 2.24) is 8.87 Å². The van der Waals surface area contributed by atoms with Gasteiger partial charge in [0.2, 0.25) is 10.0 Å². The van der Waals surface area contributed by atoms with E-state index >= 15 is 0 Å². The lowest BCUT2D eigenvalue weighted by atomic mass is 10.2. The first-order chi connectivity index (χ1) is 16.4. The summed E-state index contributed by atoms with van der Waals surface area (Å²) in [6, 6.07) is 9.83. The largest absolute Gasteiger partial charge is 0.493 e. The zero-order valence-corrected chi connectivity index (χ0v) is 21.2. The molecule has 182 valence electrons. The quantitative estimate of drug-likeness (QED) is 0.485.